The largest absolute Gasteiger partial charge is 0.384 e. The van der Waals surface area contributed by atoms with Crippen molar-refractivity contribution in [2.75, 3.05) is 11.5 Å². The molecule has 0 saturated heterocycles. The molecular weight excluding hydrogens is 383 g/mol. The number of pyridine rings is 2. The number of rotatable bonds is 3. The molecule has 0 bridgehead atoms. The van der Waals surface area contributed by atoms with E-state index >= 15 is 0 Å². The second-order valence-electron chi connectivity index (χ2n) is 6.97. The van der Waals surface area contributed by atoms with E-state index in [2.05, 4.69) is 25.0 Å². The Labute approximate surface area is 170 Å². The van der Waals surface area contributed by atoms with Gasteiger partial charge in [0.25, 0.3) is 0 Å². The lowest BCUT2D eigenvalue weighted by Gasteiger charge is -2.07. The summed E-state index contributed by atoms with van der Waals surface area (Å²) in [4.78, 5) is 17.7. The van der Waals surface area contributed by atoms with Crippen LogP contribution in [0.2, 0.25) is 0 Å². The zero-order chi connectivity index (χ0) is 20.8. The third-order valence-corrected chi connectivity index (χ3v) is 4.91. The molecule has 4 N–H and O–H groups in total. The maximum atomic E-state index is 14.2. The van der Waals surface area contributed by atoms with Gasteiger partial charge in [-0.15, -0.1) is 0 Å². The van der Waals surface area contributed by atoms with Crippen molar-refractivity contribution < 1.29 is 4.39 Å². The molecule has 0 aliphatic carbocycles. The number of halogens is 1. The molecule has 0 aliphatic heterocycles. The van der Waals surface area contributed by atoms with Crippen molar-refractivity contribution in [3.8, 4) is 11.5 Å². The fourth-order valence-electron chi connectivity index (χ4n) is 3.55. The molecule has 1 aromatic carbocycles. The summed E-state index contributed by atoms with van der Waals surface area (Å²) in [5.74, 6) is 0.643. The molecule has 148 valence electrons. The van der Waals surface area contributed by atoms with Crippen molar-refractivity contribution in [3.05, 3.63) is 65.6 Å². The van der Waals surface area contributed by atoms with E-state index in [0.29, 0.717) is 45.4 Å². The first-order valence-electron chi connectivity index (χ1n) is 9.27. The van der Waals surface area contributed by atoms with Crippen molar-refractivity contribution in [2.45, 2.75) is 13.5 Å². The van der Waals surface area contributed by atoms with E-state index < -0.39 is 0 Å². The van der Waals surface area contributed by atoms with Crippen LogP contribution in [-0.2, 0) is 6.54 Å². The molecule has 0 amide bonds. The Balaban J connectivity index is 1.71. The number of hydrogen-bond donors (Lipinski definition) is 2. The summed E-state index contributed by atoms with van der Waals surface area (Å²) in [6.45, 7) is 2.09. The molecule has 5 aromatic rings. The van der Waals surface area contributed by atoms with Gasteiger partial charge in [-0.05, 0) is 36.8 Å². The number of fused-ring (bicyclic) bond motifs is 2. The van der Waals surface area contributed by atoms with E-state index in [4.69, 9.17) is 11.5 Å². The molecule has 0 unspecified atom stereocenters. The first-order chi connectivity index (χ1) is 14.5. The third-order valence-electron chi connectivity index (χ3n) is 4.91. The normalized spacial score (nSPS) is 11.4. The molecule has 4 heterocycles. The van der Waals surface area contributed by atoms with Crippen molar-refractivity contribution >= 4 is 33.7 Å². The monoisotopic (exact) mass is 400 g/mol. The zero-order valence-corrected chi connectivity index (χ0v) is 16.0. The first kappa shape index (κ1) is 17.9. The van der Waals surface area contributed by atoms with Crippen LogP contribution in [0, 0.1) is 12.7 Å². The Kier molecular flexibility index (Phi) is 4.02. The van der Waals surface area contributed by atoms with Gasteiger partial charge in [-0.3, -0.25) is 0 Å². The summed E-state index contributed by atoms with van der Waals surface area (Å²) in [6, 6.07) is 12.0. The van der Waals surface area contributed by atoms with Crippen molar-refractivity contribution in [1.29, 1.82) is 0 Å². The van der Waals surface area contributed by atoms with Crippen LogP contribution in [-0.4, -0.2) is 29.7 Å². The van der Waals surface area contributed by atoms with Crippen LogP contribution in [0.3, 0.4) is 0 Å². The summed E-state index contributed by atoms with van der Waals surface area (Å²) in [7, 11) is 0. The van der Waals surface area contributed by atoms with Gasteiger partial charge in [0.05, 0.1) is 17.3 Å². The summed E-state index contributed by atoms with van der Waals surface area (Å²) in [5.41, 5.74) is 14.9. The quantitative estimate of drug-likeness (QED) is 0.477. The minimum absolute atomic E-state index is 0.216. The van der Waals surface area contributed by atoms with Crippen LogP contribution in [0.25, 0.3) is 33.6 Å². The Bertz CT molecular complexity index is 1430. The Morgan fingerprint density at radius 2 is 1.87 bits per heavy atom. The van der Waals surface area contributed by atoms with E-state index in [9.17, 15) is 4.39 Å². The first-order valence-corrected chi connectivity index (χ1v) is 9.27. The van der Waals surface area contributed by atoms with Gasteiger partial charge < -0.3 is 11.5 Å². The molecule has 0 saturated carbocycles. The second kappa shape index (κ2) is 6.73. The molecule has 0 radical (unpaired) electrons. The van der Waals surface area contributed by atoms with Crippen LogP contribution >= 0.6 is 0 Å². The summed E-state index contributed by atoms with van der Waals surface area (Å²) in [6.07, 6.45) is 1.66. The maximum absolute atomic E-state index is 14.2. The van der Waals surface area contributed by atoms with Crippen molar-refractivity contribution in [2.24, 2.45) is 0 Å². The van der Waals surface area contributed by atoms with E-state index in [-0.39, 0.29) is 12.4 Å². The molecule has 9 heteroatoms. The van der Waals surface area contributed by atoms with E-state index in [1.165, 1.54) is 6.07 Å². The smallest absolute Gasteiger partial charge is 0.184 e. The second-order valence-corrected chi connectivity index (χ2v) is 6.97. The molecule has 5 rings (SSSR count). The Morgan fingerprint density at radius 3 is 2.70 bits per heavy atom. The highest BCUT2D eigenvalue weighted by Crippen LogP contribution is 2.29. The lowest BCUT2D eigenvalue weighted by Crippen LogP contribution is -2.05. The van der Waals surface area contributed by atoms with Crippen LogP contribution in [0.4, 0.5) is 16.0 Å². The van der Waals surface area contributed by atoms with Gasteiger partial charge in [-0.25, -0.2) is 29.0 Å². The number of nitrogen functional groups attached to an aromatic ring is 2. The molecule has 30 heavy (non-hydrogen) atoms. The summed E-state index contributed by atoms with van der Waals surface area (Å²) in [5, 5.41) is 6.02. The van der Waals surface area contributed by atoms with Crippen molar-refractivity contribution in [1.82, 2.24) is 29.7 Å². The lowest BCUT2D eigenvalue weighted by atomic mass is 10.2. The molecule has 8 nitrogen and oxygen atoms in total. The molecule has 0 aliphatic rings. The fraction of sp³-hybridized carbons (Fsp3) is 0.0952. The van der Waals surface area contributed by atoms with Gasteiger partial charge in [-0.2, -0.15) is 5.10 Å². The number of benzene rings is 1. The zero-order valence-electron chi connectivity index (χ0n) is 16.0. The summed E-state index contributed by atoms with van der Waals surface area (Å²) < 4.78 is 15.8. The van der Waals surface area contributed by atoms with E-state index in [0.717, 1.165) is 10.9 Å². The van der Waals surface area contributed by atoms with Gasteiger partial charge in [0.2, 0.25) is 0 Å². The van der Waals surface area contributed by atoms with Crippen LogP contribution in [0.15, 0.2) is 48.7 Å². The fourth-order valence-corrected chi connectivity index (χ4v) is 3.55. The van der Waals surface area contributed by atoms with Crippen molar-refractivity contribution in [3.63, 3.8) is 0 Å². The van der Waals surface area contributed by atoms with Gasteiger partial charge in [0.1, 0.15) is 23.1 Å². The lowest BCUT2D eigenvalue weighted by molar-refractivity contribution is 0.589. The molecule has 0 fully saturated rings. The third kappa shape index (κ3) is 2.87. The maximum Gasteiger partial charge on any atom is 0.184 e. The average molecular weight is 400 g/mol. The topological polar surface area (TPSA) is 121 Å². The molecule has 0 spiro atoms. The van der Waals surface area contributed by atoms with E-state index in [1.54, 1.807) is 41.2 Å². The number of nitrogens with zero attached hydrogens (tertiary/aromatic N) is 6. The highest BCUT2D eigenvalue weighted by Gasteiger charge is 2.19. The van der Waals surface area contributed by atoms with Gasteiger partial charge in [0.15, 0.2) is 17.1 Å². The number of aryl methyl sites for hydroxylation is 1. The molecular formula is C21H17FN8. The summed E-state index contributed by atoms with van der Waals surface area (Å²) >= 11 is 0. The Morgan fingerprint density at radius 1 is 1.03 bits per heavy atom. The van der Waals surface area contributed by atoms with Crippen LogP contribution in [0.5, 0.6) is 0 Å². The van der Waals surface area contributed by atoms with Crippen LogP contribution < -0.4 is 11.5 Å². The van der Waals surface area contributed by atoms with Gasteiger partial charge in [0, 0.05) is 11.8 Å². The minimum atomic E-state index is -0.306. The number of anilines is 2. The molecule has 4 aromatic heterocycles. The van der Waals surface area contributed by atoms with Gasteiger partial charge in [-0.1, -0.05) is 18.2 Å². The Hall–Kier alpha value is -4.14. The number of hydrogen-bond acceptors (Lipinski definition) is 7. The van der Waals surface area contributed by atoms with E-state index in [1.807, 2.05) is 13.0 Å². The highest BCUT2D eigenvalue weighted by atomic mass is 19.1. The SMILES string of the molecule is Cc1cc(N)nc2nc(-c3nn(Cc4ccccc4F)c4ncccc34)nc(N)c12. The average Bonchev–Trinajstić information content (AvgIpc) is 3.07. The standard InChI is InChI=1S/C21H17FN8/c1-11-9-15(23)26-19-16(11)18(24)27-20(28-19)17-13-6-4-8-25-21(13)30(29-17)10-12-5-2-3-7-14(12)22/h2-9H,10H2,1H3,(H4,23,24,26,27,28). The number of nitrogens with two attached hydrogens (primary N) is 2. The highest BCUT2D eigenvalue weighted by molar-refractivity contribution is 5.94. The molecule has 0 atom stereocenters. The van der Waals surface area contributed by atoms with Crippen LogP contribution in [0.1, 0.15) is 11.1 Å². The predicted molar refractivity (Wildman–Crippen MR) is 113 cm³/mol. The van der Waals surface area contributed by atoms with Gasteiger partial charge >= 0.3 is 0 Å². The number of aromatic nitrogens is 6. The minimum Gasteiger partial charge on any atom is -0.384 e. The predicted octanol–water partition coefficient (Wildman–Crippen LogP) is 3.10.